The largest absolute Gasteiger partial charge is 0.487 e. The van der Waals surface area contributed by atoms with E-state index < -0.39 is 0 Å². The van der Waals surface area contributed by atoms with Gasteiger partial charge in [-0.05, 0) is 38.8 Å². The lowest BCUT2D eigenvalue weighted by Crippen LogP contribution is -2.41. The summed E-state index contributed by atoms with van der Waals surface area (Å²) in [5, 5.41) is 0.703. The van der Waals surface area contributed by atoms with Crippen LogP contribution in [0.25, 0.3) is 10.9 Å². The predicted octanol–water partition coefficient (Wildman–Crippen LogP) is 3.75. The maximum absolute atomic E-state index is 14.6. The van der Waals surface area contributed by atoms with Crippen LogP contribution in [0.2, 0.25) is 0 Å². The first kappa shape index (κ1) is 19.6. The van der Waals surface area contributed by atoms with Crippen molar-refractivity contribution < 1.29 is 13.9 Å². The minimum absolute atomic E-state index is 0.0135. The van der Waals surface area contributed by atoms with Crippen LogP contribution in [-0.4, -0.2) is 70.5 Å². The number of ether oxygens (including phenoxy) is 1. The minimum Gasteiger partial charge on any atom is -0.487 e. The first-order chi connectivity index (χ1) is 13.5. The number of thioether (sulfide) groups is 1. The van der Waals surface area contributed by atoms with Crippen molar-refractivity contribution >= 4 is 28.6 Å². The van der Waals surface area contributed by atoms with Crippen molar-refractivity contribution in [1.82, 2.24) is 14.8 Å². The van der Waals surface area contributed by atoms with Crippen LogP contribution in [0.3, 0.4) is 0 Å². The van der Waals surface area contributed by atoms with Gasteiger partial charge in [0.15, 0.2) is 11.6 Å². The SMILES string of the molecule is CC(C)N1CCC(Oc2cc3[nH]c(C(=O)N4CCSCC4)cc3cc2F)CC1. The summed E-state index contributed by atoms with van der Waals surface area (Å²) in [4.78, 5) is 20.1. The number of nitrogens with zero attached hydrogens (tertiary/aromatic N) is 2. The molecule has 2 fully saturated rings. The molecular formula is C21H28FN3O2S. The fourth-order valence-corrected chi connectivity index (χ4v) is 4.87. The van der Waals surface area contributed by atoms with E-state index in [1.165, 1.54) is 6.07 Å². The van der Waals surface area contributed by atoms with Crippen molar-refractivity contribution in [2.75, 3.05) is 37.7 Å². The highest BCUT2D eigenvalue weighted by molar-refractivity contribution is 7.99. The number of fused-ring (bicyclic) bond motifs is 1. The molecule has 0 bridgehead atoms. The van der Waals surface area contributed by atoms with Gasteiger partial charge in [0, 0.05) is 60.7 Å². The Labute approximate surface area is 169 Å². The summed E-state index contributed by atoms with van der Waals surface area (Å²) in [5.74, 6) is 1.82. The summed E-state index contributed by atoms with van der Waals surface area (Å²) in [6.45, 7) is 7.86. The highest BCUT2D eigenvalue weighted by atomic mass is 32.2. The summed E-state index contributed by atoms with van der Waals surface area (Å²) >= 11 is 1.86. The summed E-state index contributed by atoms with van der Waals surface area (Å²) in [7, 11) is 0. The molecule has 4 rings (SSSR count). The van der Waals surface area contributed by atoms with Gasteiger partial charge in [-0.15, -0.1) is 0 Å². The van der Waals surface area contributed by atoms with Gasteiger partial charge < -0.3 is 19.5 Å². The summed E-state index contributed by atoms with van der Waals surface area (Å²) in [5.41, 5.74) is 1.26. The summed E-state index contributed by atoms with van der Waals surface area (Å²) in [6.07, 6.45) is 1.83. The molecule has 2 saturated heterocycles. The number of aromatic nitrogens is 1. The standard InChI is InChI=1S/C21H28FN3O2S/c1-14(2)24-5-3-16(4-6-24)27-20-13-18-15(11-17(20)22)12-19(23-18)21(26)25-7-9-28-10-8-25/h11-14,16,23H,3-10H2,1-2H3. The van der Waals surface area contributed by atoms with Crippen LogP contribution in [-0.2, 0) is 0 Å². The number of aromatic amines is 1. The monoisotopic (exact) mass is 405 g/mol. The summed E-state index contributed by atoms with van der Waals surface area (Å²) < 4.78 is 20.6. The van der Waals surface area contributed by atoms with Crippen molar-refractivity contribution in [2.45, 2.75) is 38.8 Å². The van der Waals surface area contributed by atoms with E-state index in [-0.39, 0.29) is 23.6 Å². The van der Waals surface area contributed by atoms with Crippen LogP contribution < -0.4 is 4.74 Å². The number of hydrogen-bond acceptors (Lipinski definition) is 4. The first-order valence-electron chi connectivity index (χ1n) is 10.1. The van der Waals surface area contributed by atoms with E-state index in [0.717, 1.165) is 56.0 Å². The first-order valence-corrected chi connectivity index (χ1v) is 11.3. The molecule has 5 nitrogen and oxygen atoms in total. The molecule has 0 spiro atoms. The highest BCUT2D eigenvalue weighted by Gasteiger charge is 2.24. The van der Waals surface area contributed by atoms with Gasteiger partial charge in [0.05, 0.1) is 0 Å². The maximum atomic E-state index is 14.6. The molecular weight excluding hydrogens is 377 g/mol. The molecule has 0 atom stereocenters. The number of piperidine rings is 1. The van der Waals surface area contributed by atoms with E-state index in [2.05, 4.69) is 23.7 Å². The third kappa shape index (κ3) is 4.15. The Morgan fingerprint density at radius 3 is 2.57 bits per heavy atom. The molecule has 0 radical (unpaired) electrons. The topological polar surface area (TPSA) is 48.6 Å². The van der Waals surface area contributed by atoms with Crippen LogP contribution in [0.4, 0.5) is 4.39 Å². The number of carbonyl (C=O) groups is 1. The lowest BCUT2D eigenvalue weighted by Gasteiger charge is -2.34. The van der Waals surface area contributed by atoms with Gasteiger partial charge in [-0.1, -0.05) is 0 Å². The highest BCUT2D eigenvalue weighted by Crippen LogP contribution is 2.28. The zero-order chi connectivity index (χ0) is 19.7. The number of rotatable bonds is 4. The third-order valence-corrected chi connectivity index (χ3v) is 6.64. The molecule has 2 aliphatic heterocycles. The number of hydrogen-bond donors (Lipinski definition) is 1. The number of likely N-dealkylation sites (tertiary alicyclic amines) is 1. The lowest BCUT2D eigenvalue weighted by atomic mass is 10.1. The second-order valence-corrected chi connectivity index (χ2v) is 9.13. The number of H-pyrrole nitrogens is 1. The van der Waals surface area contributed by atoms with Gasteiger partial charge >= 0.3 is 0 Å². The fraction of sp³-hybridized carbons (Fsp3) is 0.571. The van der Waals surface area contributed by atoms with E-state index in [1.54, 1.807) is 12.1 Å². The Bertz CT molecular complexity index is 840. The Hall–Kier alpha value is -1.73. The molecule has 0 saturated carbocycles. The second kappa shape index (κ2) is 8.33. The Morgan fingerprint density at radius 2 is 1.89 bits per heavy atom. The average molecular weight is 406 g/mol. The molecule has 2 aromatic rings. The molecule has 1 amide bonds. The van der Waals surface area contributed by atoms with Gasteiger partial charge in [-0.25, -0.2) is 4.39 Å². The number of halogens is 1. The number of amides is 1. The van der Waals surface area contributed by atoms with Gasteiger partial charge in [0.25, 0.3) is 5.91 Å². The van der Waals surface area contributed by atoms with Gasteiger partial charge in [-0.3, -0.25) is 4.79 Å². The zero-order valence-electron chi connectivity index (χ0n) is 16.5. The molecule has 1 aromatic heterocycles. The minimum atomic E-state index is -0.369. The van der Waals surface area contributed by atoms with Gasteiger partial charge in [0.1, 0.15) is 11.8 Å². The molecule has 3 heterocycles. The van der Waals surface area contributed by atoms with E-state index in [4.69, 9.17) is 4.74 Å². The van der Waals surface area contributed by atoms with E-state index >= 15 is 0 Å². The third-order valence-electron chi connectivity index (χ3n) is 5.70. The second-order valence-electron chi connectivity index (χ2n) is 7.90. The van der Waals surface area contributed by atoms with Crippen molar-refractivity contribution in [3.63, 3.8) is 0 Å². The Kier molecular flexibility index (Phi) is 5.83. The lowest BCUT2D eigenvalue weighted by molar-refractivity contribution is 0.0767. The van der Waals surface area contributed by atoms with Crippen LogP contribution in [0.1, 0.15) is 37.2 Å². The van der Waals surface area contributed by atoms with Crippen LogP contribution >= 0.6 is 11.8 Å². The van der Waals surface area contributed by atoms with Crippen molar-refractivity contribution in [3.05, 3.63) is 29.7 Å². The molecule has 1 N–H and O–H groups in total. The summed E-state index contributed by atoms with van der Waals surface area (Å²) in [6, 6.07) is 5.44. The zero-order valence-corrected chi connectivity index (χ0v) is 17.4. The number of benzene rings is 1. The molecule has 28 heavy (non-hydrogen) atoms. The van der Waals surface area contributed by atoms with Crippen LogP contribution in [0.15, 0.2) is 18.2 Å². The van der Waals surface area contributed by atoms with Crippen molar-refractivity contribution in [1.29, 1.82) is 0 Å². The van der Waals surface area contributed by atoms with E-state index in [9.17, 15) is 9.18 Å². The molecule has 0 aliphatic carbocycles. The average Bonchev–Trinajstić information content (AvgIpc) is 3.11. The molecule has 7 heteroatoms. The van der Waals surface area contributed by atoms with Crippen molar-refractivity contribution in [3.8, 4) is 5.75 Å². The van der Waals surface area contributed by atoms with Gasteiger partial charge in [-0.2, -0.15) is 11.8 Å². The Balaban J connectivity index is 1.48. The van der Waals surface area contributed by atoms with Crippen LogP contribution in [0.5, 0.6) is 5.75 Å². The molecule has 2 aliphatic rings. The Morgan fingerprint density at radius 1 is 1.18 bits per heavy atom. The van der Waals surface area contributed by atoms with Crippen LogP contribution in [0, 0.1) is 5.82 Å². The molecule has 1 aromatic carbocycles. The normalized spacial score (nSPS) is 19.5. The van der Waals surface area contributed by atoms with Crippen molar-refractivity contribution in [2.24, 2.45) is 0 Å². The predicted molar refractivity (Wildman–Crippen MR) is 112 cm³/mol. The molecule has 152 valence electrons. The molecule has 0 unspecified atom stereocenters. The van der Waals surface area contributed by atoms with Gasteiger partial charge in [0.2, 0.25) is 0 Å². The number of nitrogens with one attached hydrogen (secondary N) is 1. The number of carbonyl (C=O) groups excluding carboxylic acids is 1. The van der Waals surface area contributed by atoms with E-state index in [0.29, 0.717) is 17.1 Å². The van der Waals surface area contributed by atoms with E-state index in [1.807, 2.05) is 16.7 Å². The smallest absolute Gasteiger partial charge is 0.270 e. The maximum Gasteiger partial charge on any atom is 0.270 e. The quantitative estimate of drug-likeness (QED) is 0.842. The fourth-order valence-electron chi connectivity index (χ4n) is 3.97.